The first-order valence-electron chi connectivity index (χ1n) is 5.44. The lowest BCUT2D eigenvalue weighted by Crippen LogP contribution is -2.33. The van der Waals surface area contributed by atoms with Gasteiger partial charge in [0.2, 0.25) is 0 Å². The largest absolute Gasteiger partial charge is 0.392 e. The van der Waals surface area contributed by atoms with Gasteiger partial charge in [0.05, 0.1) is 6.61 Å². The second-order valence-corrected chi connectivity index (χ2v) is 3.96. The van der Waals surface area contributed by atoms with Crippen LogP contribution < -0.4 is 0 Å². The monoisotopic (exact) mass is 228 g/mol. The van der Waals surface area contributed by atoms with Crippen molar-refractivity contribution in [2.75, 3.05) is 13.7 Å². The molecule has 1 aromatic rings. The molecule has 0 aliphatic carbocycles. The van der Waals surface area contributed by atoms with E-state index in [0.717, 1.165) is 11.4 Å². The SMILES string of the molecule is CN1C2=NC(c3ccccc3)=NC2=NC1CO. The zero-order chi connectivity index (χ0) is 11.8. The summed E-state index contributed by atoms with van der Waals surface area (Å²) in [5.74, 6) is 2.04. The number of benzene rings is 1. The van der Waals surface area contributed by atoms with Crippen LogP contribution in [0.4, 0.5) is 0 Å². The molecule has 5 nitrogen and oxygen atoms in total. The van der Waals surface area contributed by atoms with Gasteiger partial charge in [0.15, 0.2) is 17.5 Å². The van der Waals surface area contributed by atoms with E-state index in [-0.39, 0.29) is 12.8 Å². The number of hydrogen-bond donors (Lipinski definition) is 1. The van der Waals surface area contributed by atoms with Gasteiger partial charge in [-0.05, 0) is 0 Å². The van der Waals surface area contributed by atoms with Crippen molar-refractivity contribution in [3.63, 3.8) is 0 Å². The maximum Gasteiger partial charge on any atom is 0.195 e. The normalized spacial score (nSPS) is 22.1. The molecule has 3 rings (SSSR count). The van der Waals surface area contributed by atoms with E-state index in [0.29, 0.717) is 11.7 Å². The third kappa shape index (κ3) is 1.55. The minimum atomic E-state index is -0.246. The summed E-state index contributed by atoms with van der Waals surface area (Å²) in [6.45, 7) is -0.0186. The van der Waals surface area contributed by atoms with Gasteiger partial charge in [-0.15, -0.1) is 0 Å². The molecule has 0 aromatic heterocycles. The summed E-state index contributed by atoms with van der Waals surface area (Å²) in [6.07, 6.45) is -0.246. The highest BCUT2D eigenvalue weighted by Gasteiger charge is 2.32. The van der Waals surface area contributed by atoms with Gasteiger partial charge < -0.3 is 10.0 Å². The van der Waals surface area contributed by atoms with Crippen molar-refractivity contribution < 1.29 is 5.11 Å². The fourth-order valence-corrected chi connectivity index (χ4v) is 1.90. The van der Waals surface area contributed by atoms with Gasteiger partial charge in [0, 0.05) is 12.6 Å². The summed E-state index contributed by atoms with van der Waals surface area (Å²) in [6, 6.07) is 9.79. The highest BCUT2D eigenvalue weighted by atomic mass is 16.3. The average Bonchev–Trinajstić information content (AvgIpc) is 2.90. The summed E-state index contributed by atoms with van der Waals surface area (Å²) in [7, 11) is 1.86. The molecule has 17 heavy (non-hydrogen) atoms. The number of hydrogen-bond acceptors (Lipinski definition) is 5. The van der Waals surface area contributed by atoms with Gasteiger partial charge in [-0.1, -0.05) is 30.3 Å². The average molecular weight is 228 g/mol. The van der Waals surface area contributed by atoms with E-state index in [4.69, 9.17) is 5.11 Å². The smallest absolute Gasteiger partial charge is 0.195 e. The Hall–Kier alpha value is -2.01. The molecular formula is C12H12N4O. The number of aliphatic imine (C=N–C) groups is 3. The summed E-state index contributed by atoms with van der Waals surface area (Å²) >= 11 is 0. The van der Waals surface area contributed by atoms with Crippen LogP contribution in [0.3, 0.4) is 0 Å². The molecule has 5 heteroatoms. The van der Waals surface area contributed by atoms with Crippen LogP contribution in [0.2, 0.25) is 0 Å². The van der Waals surface area contributed by atoms with Gasteiger partial charge in [-0.25, -0.2) is 15.0 Å². The molecule has 2 heterocycles. The first kappa shape index (κ1) is 10.2. The molecule has 0 fully saturated rings. The molecule has 2 aliphatic rings. The summed E-state index contributed by atoms with van der Waals surface area (Å²) < 4.78 is 0. The first-order valence-corrected chi connectivity index (χ1v) is 5.44. The third-order valence-corrected chi connectivity index (χ3v) is 2.87. The lowest BCUT2D eigenvalue weighted by Gasteiger charge is -2.16. The van der Waals surface area contributed by atoms with Crippen LogP contribution in [0.25, 0.3) is 0 Å². The fraction of sp³-hybridized carbons (Fsp3) is 0.250. The Bertz CT molecular complexity index is 533. The van der Waals surface area contributed by atoms with Crippen molar-refractivity contribution >= 4 is 17.5 Å². The van der Waals surface area contributed by atoms with Gasteiger partial charge in [0.25, 0.3) is 0 Å². The van der Waals surface area contributed by atoms with Crippen LogP contribution in [0.15, 0.2) is 45.3 Å². The van der Waals surface area contributed by atoms with E-state index in [1.54, 1.807) is 0 Å². The standard InChI is InChI=1S/C12H12N4O/c1-16-9(7-17)13-11-12(16)15-10(14-11)8-5-3-2-4-6-8/h2-6,9,17H,7H2,1H3. The molecule has 1 unspecified atom stereocenters. The van der Waals surface area contributed by atoms with E-state index in [9.17, 15) is 0 Å². The molecule has 0 bridgehead atoms. The number of nitrogens with zero attached hydrogens (tertiary/aromatic N) is 4. The second-order valence-electron chi connectivity index (χ2n) is 3.96. The molecule has 2 aliphatic heterocycles. The van der Waals surface area contributed by atoms with Gasteiger partial charge in [-0.3, -0.25) is 0 Å². The number of likely N-dealkylation sites (N-methyl/N-ethyl adjacent to an activating group) is 1. The van der Waals surface area contributed by atoms with E-state index in [1.807, 2.05) is 42.3 Å². The van der Waals surface area contributed by atoms with Crippen LogP contribution in [-0.2, 0) is 0 Å². The summed E-state index contributed by atoms with van der Waals surface area (Å²) in [5.41, 5.74) is 0.978. The lowest BCUT2D eigenvalue weighted by molar-refractivity contribution is 0.209. The predicted molar refractivity (Wildman–Crippen MR) is 66.5 cm³/mol. The van der Waals surface area contributed by atoms with Crippen molar-refractivity contribution in [3.05, 3.63) is 35.9 Å². The fourth-order valence-electron chi connectivity index (χ4n) is 1.90. The number of aliphatic hydroxyl groups is 1. The van der Waals surface area contributed by atoms with E-state index in [2.05, 4.69) is 15.0 Å². The molecule has 1 N–H and O–H groups in total. The quantitative estimate of drug-likeness (QED) is 0.801. The summed E-state index contributed by atoms with van der Waals surface area (Å²) in [4.78, 5) is 15.0. The van der Waals surface area contributed by atoms with Crippen LogP contribution in [0.1, 0.15) is 5.56 Å². The predicted octanol–water partition coefficient (Wildman–Crippen LogP) is 0.508. The van der Waals surface area contributed by atoms with Crippen molar-refractivity contribution in [1.82, 2.24) is 4.90 Å². The zero-order valence-corrected chi connectivity index (χ0v) is 9.41. The number of amidine groups is 3. The highest BCUT2D eigenvalue weighted by molar-refractivity contribution is 6.49. The van der Waals surface area contributed by atoms with Gasteiger partial charge in [-0.2, -0.15) is 0 Å². The van der Waals surface area contributed by atoms with Crippen LogP contribution in [0.5, 0.6) is 0 Å². The Morgan fingerprint density at radius 1 is 1.18 bits per heavy atom. The Balaban J connectivity index is 1.97. The van der Waals surface area contributed by atoms with Crippen LogP contribution >= 0.6 is 0 Å². The Kier molecular flexibility index (Phi) is 2.26. The zero-order valence-electron chi connectivity index (χ0n) is 9.41. The topological polar surface area (TPSA) is 60.5 Å². The van der Waals surface area contributed by atoms with Gasteiger partial charge in [0.1, 0.15) is 6.17 Å². The van der Waals surface area contributed by atoms with Crippen molar-refractivity contribution in [2.45, 2.75) is 6.17 Å². The van der Waals surface area contributed by atoms with E-state index >= 15 is 0 Å². The summed E-state index contributed by atoms with van der Waals surface area (Å²) in [5, 5.41) is 9.12. The Morgan fingerprint density at radius 2 is 1.94 bits per heavy atom. The number of aliphatic hydroxyl groups excluding tert-OH is 1. The maximum atomic E-state index is 9.12. The van der Waals surface area contributed by atoms with E-state index in [1.165, 1.54) is 0 Å². The van der Waals surface area contributed by atoms with Crippen molar-refractivity contribution in [2.24, 2.45) is 15.0 Å². The van der Waals surface area contributed by atoms with Crippen LogP contribution in [-0.4, -0.2) is 47.3 Å². The number of rotatable bonds is 2. The van der Waals surface area contributed by atoms with Crippen molar-refractivity contribution in [1.29, 1.82) is 0 Å². The second kappa shape index (κ2) is 3.78. The molecule has 0 amide bonds. The molecule has 0 saturated heterocycles. The molecule has 1 aromatic carbocycles. The minimum Gasteiger partial charge on any atom is -0.392 e. The lowest BCUT2D eigenvalue weighted by atomic mass is 10.2. The molecule has 86 valence electrons. The van der Waals surface area contributed by atoms with Gasteiger partial charge >= 0.3 is 0 Å². The number of fused-ring (bicyclic) bond motifs is 1. The molecule has 1 atom stereocenters. The highest BCUT2D eigenvalue weighted by Crippen LogP contribution is 2.18. The first-order chi connectivity index (χ1) is 8.29. The Morgan fingerprint density at radius 3 is 2.59 bits per heavy atom. The molecular weight excluding hydrogens is 216 g/mol. The minimum absolute atomic E-state index is 0.0186. The molecule has 0 saturated carbocycles. The molecule has 0 spiro atoms. The van der Waals surface area contributed by atoms with Crippen LogP contribution in [0, 0.1) is 0 Å². The van der Waals surface area contributed by atoms with Crippen molar-refractivity contribution in [3.8, 4) is 0 Å². The third-order valence-electron chi connectivity index (χ3n) is 2.87. The Labute approximate surface area is 98.8 Å². The molecule has 0 radical (unpaired) electrons. The van der Waals surface area contributed by atoms with E-state index < -0.39 is 0 Å². The maximum absolute atomic E-state index is 9.12.